The van der Waals surface area contributed by atoms with Crippen molar-refractivity contribution in [3.8, 4) is 6.07 Å². The maximum atomic E-state index is 11.3. The molecule has 26 heavy (non-hydrogen) atoms. The van der Waals surface area contributed by atoms with Crippen LogP contribution in [-0.4, -0.2) is 30.2 Å². The number of rotatable bonds is 6. The number of esters is 1. The number of carboxylic acids is 1. The first kappa shape index (κ1) is 22.4. The molecule has 0 radical (unpaired) electrons. The molecule has 0 unspecified atom stereocenters. The van der Waals surface area contributed by atoms with Gasteiger partial charge in [0.2, 0.25) is 0 Å². The van der Waals surface area contributed by atoms with Gasteiger partial charge in [0.25, 0.3) is 0 Å². The Balaban J connectivity index is 0.000000263. The minimum Gasteiger partial charge on any atom is -0.481 e. The fraction of sp³-hybridized carbons (Fsp3) is 0.850. The number of carbonyl (C=O) groups excluding carboxylic acids is 1. The van der Waals surface area contributed by atoms with Gasteiger partial charge in [0.1, 0.15) is 0 Å². The standard InChI is InChI=1S/C11H17NO2.C9H17NO2/c1-2-14-10(13)8-11(9-12)6-4-3-5-7-11;10-7-9(6-8(11)12)4-2-1-3-5-9/h2-8H2,1H3;1-7,10H2,(H,11,12). The summed E-state index contributed by atoms with van der Waals surface area (Å²) in [4.78, 5) is 21.9. The zero-order valence-electron chi connectivity index (χ0n) is 16.1. The lowest BCUT2D eigenvalue weighted by Gasteiger charge is -2.34. The molecule has 2 fully saturated rings. The van der Waals surface area contributed by atoms with E-state index >= 15 is 0 Å². The van der Waals surface area contributed by atoms with Crippen LogP contribution in [0.2, 0.25) is 0 Å². The normalized spacial score (nSPS) is 20.8. The molecule has 0 aromatic rings. The monoisotopic (exact) mass is 366 g/mol. The number of carbonyl (C=O) groups is 2. The molecule has 0 heterocycles. The van der Waals surface area contributed by atoms with Crippen LogP contribution >= 0.6 is 0 Å². The van der Waals surface area contributed by atoms with Crippen LogP contribution in [0.3, 0.4) is 0 Å². The summed E-state index contributed by atoms with van der Waals surface area (Å²) in [6.45, 7) is 2.72. The van der Waals surface area contributed by atoms with Crippen molar-refractivity contribution in [2.75, 3.05) is 13.2 Å². The van der Waals surface area contributed by atoms with E-state index in [9.17, 15) is 9.59 Å². The number of hydrogen-bond donors (Lipinski definition) is 2. The highest BCUT2D eigenvalue weighted by Gasteiger charge is 2.35. The van der Waals surface area contributed by atoms with Crippen LogP contribution in [0.4, 0.5) is 0 Å². The van der Waals surface area contributed by atoms with E-state index in [1.807, 2.05) is 0 Å². The number of carboxylic acid groups (broad SMARTS) is 1. The SMILES string of the molecule is CCOC(=O)CC1(C#N)CCCCC1.NCC1(CC(=O)O)CCCCC1. The second kappa shape index (κ2) is 11.2. The number of aliphatic carboxylic acids is 1. The van der Waals surface area contributed by atoms with E-state index < -0.39 is 11.4 Å². The van der Waals surface area contributed by atoms with Gasteiger partial charge in [-0.15, -0.1) is 0 Å². The van der Waals surface area contributed by atoms with E-state index in [4.69, 9.17) is 20.8 Å². The summed E-state index contributed by atoms with van der Waals surface area (Å²) >= 11 is 0. The van der Waals surface area contributed by atoms with Crippen molar-refractivity contribution in [3.05, 3.63) is 0 Å². The van der Waals surface area contributed by atoms with Gasteiger partial charge < -0.3 is 15.6 Å². The lowest BCUT2D eigenvalue weighted by Crippen LogP contribution is -2.34. The molecular formula is C20H34N2O4. The van der Waals surface area contributed by atoms with Gasteiger partial charge in [-0.2, -0.15) is 5.26 Å². The third-order valence-electron chi connectivity index (χ3n) is 5.71. The van der Waals surface area contributed by atoms with Gasteiger partial charge in [-0.3, -0.25) is 9.59 Å². The zero-order valence-corrected chi connectivity index (χ0v) is 16.1. The van der Waals surface area contributed by atoms with Gasteiger partial charge in [0.15, 0.2) is 0 Å². The van der Waals surface area contributed by atoms with E-state index in [0.29, 0.717) is 13.2 Å². The molecule has 6 nitrogen and oxygen atoms in total. The van der Waals surface area contributed by atoms with Crippen LogP contribution in [-0.2, 0) is 14.3 Å². The highest BCUT2D eigenvalue weighted by molar-refractivity contribution is 5.70. The lowest BCUT2D eigenvalue weighted by atomic mass is 9.72. The predicted molar refractivity (Wildman–Crippen MR) is 99.2 cm³/mol. The minimum absolute atomic E-state index is 0.0793. The summed E-state index contributed by atoms with van der Waals surface area (Å²) in [6.07, 6.45) is 11.1. The van der Waals surface area contributed by atoms with Crippen molar-refractivity contribution >= 4 is 11.9 Å². The molecule has 0 spiro atoms. The van der Waals surface area contributed by atoms with E-state index in [2.05, 4.69) is 6.07 Å². The lowest BCUT2D eigenvalue weighted by molar-refractivity contribution is -0.145. The van der Waals surface area contributed by atoms with Crippen molar-refractivity contribution in [1.29, 1.82) is 5.26 Å². The Kier molecular flexibility index (Phi) is 9.64. The molecule has 0 atom stereocenters. The first-order chi connectivity index (χ1) is 12.4. The van der Waals surface area contributed by atoms with E-state index in [1.54, 1.807) is 6.92 Å². The van der Waals surface area contributed by atoms with E-state index in [-0.39, 0.29) is 24.2 Å². The molecule has 2 aliphatic carbocycles. The quantitative estimate of drug-likeness (QED) is 0.691. The van der Waals surface area contributed by atoms with Crippen molar-refractivity contribution in [2.24, 2.45) is 16.6 Å². The Hall–Kier alpha value is -1.61. The van der Waals surface area contributed by atoms with Crippen molar-refractivity contribution in [3.63, 3.8) is 0 Å². The number of nitriles is 1. The van der Waals surface area contributed by atoms with E-state index in [0.717, 1.165) is 51.4 Å². The van der Waals surface area contributed by atoms with E-state index in [1.165, 1.54) is 12.8 Å². The summed E-state index contributed by atoms with van der Waals surface area (Å²) in [6, 6.07) is 2.31. The minimum atomic E-state index is -0.706. The van der Waals surface area contributed by atoms with Crippen molar-refractivity contribution in [2.45, 2.75) is 84.0 Å². The Labute approximate surface area is 157 Å². The van der Waals surface area contributed by atoms with Crippen LogP contribution in [0.15, 0.2) is 0 Å². The molecule has 0 aromatic carbocycles. The molecule has 6 heteroatoms. The van der Waals surface area contributed by atoms with Gasteiger partial charge in [0, 0.05) is 0 Å². The fourth-order valence-electron chi connectivity index (χ4n) is 4.12. The van der Waals surface area contributed by atoms with Gasteiger partial charge >= 0.3 is 11.9 Å². The molecule has 0 aliphatic heterocycles. The summed E-state index contributed by atoms with van der Waals surface area (Å²) < 4.78 is 4.88. The third-order valence-corrected chi connectivity index (χ3v) is 5.71. The fourth-order valence-corrected chi connectivity index (χ4v) is 4.12. The third kappa shape index (κ3) is 7.33. The van der Waals surface area contributed by atoms with Crippen LogP contribution in [0.25, 0.3) is 0 Å². The first-order valence-electron chi connectivity index (χ1n) is 9.90. The summed E-state index contributed by atoms with van der Waals surface area (Å²) in [5.41, 5.74) is 5.12. The summed E-state index contributed by atoms with van der Waals surface area (Å²) in [5, 5.41) is 17.8. The molecule has 148 valence electrons. The average Bonchev–Trinajstić information content (AvgIpc) is 2.63. The van der Waals surface area contributed by atoms with Crippen molar-refractivity contribution < 1.29 is 19.4 Å². The first-order valence-corrected chi connectivity index (χ1v) is 9.90. The highest BCUT2D eigenvalue weighted by Crippen LogP contribution is 2.39. The molecular weight excluding hydrogens is 332 g/mol. The molecule has 2 saturated carbocycles. The molecule has 2 aliphatic rings. The summed E-state index contributed by atoms with van der Waals surface area (Å²) in [5.74, 6) is -0.932. The zero-order chi connectivity index (χ0) is 19.5. The van der Waals surface area contributed by atoms with Crippen LogP contribution in [0.5, 0.6) is 0 Å². The predicted octanol–water partition coefficient (Wildman–Crippen LogP) is 3.78. The number of hydrogen-bond acceptors (Lipinski definition) is 5. The highest BCUT2D eigenvalue weighted by atomic mass is 16.5. The van der Waals surface area contributed by atoms with Crippen molar-refractivity contribution in [1.82, 2.24) is 0 Å². The van der Waals surface area contributed by atoms with Gasteiger partial charge in [-0.05, 0) is 44.6 Å². The molecule has 2 rings (SSSR count). The Morgan fingerprint density at radius 3 is 2.00 bits per heavy atom. The maximum Gasteiger partial charge on any atom is 0.307 e. The summed E-state index contributed by atoms with van der Waals surface area (Å²) in [7, 11) is 0. The Morgan fingerprint density at radius 1 is 1.04 bits per heavy atom. The maximum absolute atomic E-state index is 11.3. The molecule has 0 aromatic heterocycles. The van der Waals surface area contributed by atoms with Crippen LogP contribution < -0.4 is 5.73 Å². The number of nitrogens with two attached hydrogens (primary N) is 1. The Bertz CT molecular complexity index is 487. The van der Waals surface area contributed by atoms with Crippen LogP contribution in [0, 0.1) is 22.2 Å². The molecule has 0 bridgehead atoms. The van der Waals surface area contributed by atoms with Gasteiger partial charge in [-0.25, -0.2) is 0 Å². The second-order valence-electron chi connectivity index (χ2n) is 7.77. The second-order valence-corrected chi connectivity index (χ2v) is 7.77. The molecule has 0 amide bonds. The van der Waals surface area contributed by atoms with Gasteiger partial charge in [0.05, 0.1) is 30.9 Å². The topological polar surface area (TPSA) is 113 Å². The van der Waals surface area contributed by atoms with Gasteiger partial charge in [-0.1, -0.05) is 38.5 Å². The average molecular weight is 367 g/mol. The smallest absolute Gasteiger partial charge is 0.307 e. The number of ether oxygens (including phenoxy) is 1. The van der Waals surface area contributed by atoms with Crippen LogP contribution in [0.1, 0.15) is 84.0 Å². The largest absolute Gasteiger partial charge is 0.481 e. The Morgan fingerprint density at radius 2 is 1.58 bits per heavy atom. The number of nitrogens with zero attached hydrogens (tertiary/aromatic N) is 1. The molecule has 3 N–H and O–H groups in total. The molecule has 0 saturated heterocycles.